The zero-order valence-electron chi connectivity index (χ0n) is 28.3. The average Bonchev–Trinajstić information content (AvgIpc) is 3.22. The summed E-state index contributed by atoms with van der Waals surface area (Å²) in [6, 6.07) is 71.3. The summed E-state index contributed by atoms with van der Waals surface area (Å²) in [5, 5.41) is 4.88. The first-order valence-electron chi connectivity index (χ1n) is 17.7. The lowest BCUT2D eigenvalue weighted by Gasteiger charge is -2.44. The second kappa shape index (κ2) is 12.3. The van der Waals surface area contributed by atoms with E-state index in [1.165, 1.54) is 43.0 Å². The molecule has 2 aliphatic heterocycles. The van der Waals surface area contributed by atoms with Crippen molar-refractivity contribution in [1.29, 1.82) is 0 Å². The Balaban J connectivity index is 1.26. The fourth-order valence-corrected chi connectivity index (χ4v) is 13.5. The number of benzene rings is 8. The van der Waals surface area contributed by atoms with Crippen molar-refractivity contribution in [2.24, 2.45) is 0 Å². The van der Waals surface area contributed by atoms with Crippen LogP contribution in [0.4, 0.5) is 17.1 Å². The van der Waals surface area contributed by atoms with Crippen LogP contribution in [0.2, 0.25) is 0 Å². The highest BCUT2D eigenvalue weighted by atomic mass is 28.3. The van der Waals surface area contributed by atoms with Gasteiger partial charge < -0.3 is 14.4 Å². The fraction of sp³-hybridized carbons (Fsp3) is 0. The summed E-state index contributed by atoms with van der Waals surface area (Å²) < 4.78 is 13.7. The normalized spacial score (nSPS) is 14.9. The highest BCUT2D eigenvalue weighted by Gasteiger charge is 2.54. The van der Waals surface area contributed by atoms with Crippen molar-refractivity contribution < 1.29 is 9.47 Å². The third-order valence-corrected chi connectivity index (χ3v) is 15.3. The van der Waals surface area contributed by atoms with Crippen LogP contribution in [0.5, 0.6) is 23.0 Å². The summed E-state index contributed by atoms with van der Waals surface area (Å²) in [6.45, 7) is 0. The van der Waals surface area contributed by atoms with Crippen LogP contribution in [0.1, 0.15) is 0 Å². The van der Waals surface area contributed by atoms with E-state index in [4.69, 9.17) is 9.47 Å². The Kier molecular flexibility index (Phi) is 7.15. The second-order valence-electron chi connectivity index (χ2n) is 13.3. The molecule has 8 aromatic rings. The van der Waals surface area contributed by atoms with Gasteiger partial charge in [-0.2, -0.15) is 0 Å². The Morgan fingerprint density at radius 2 is 0.808 bits per heavy atom. The molecule has 8 aromatic carbocycles. The molecule has 2 aliphatic rings. The lowest BCUT2D eigenvalue weighted by molar-refractivity contribution is 0.482. The summed E-state index contributed by atoms with van der Waals surface area (Å²) in [7, 11) is -3.09. The molecule has 4 heteroatoms. The lowest BCUT2D eigenvalue weighted by atomic mass is 10.0. The molecule has 0 aliphatic carbocycles. The van der Waals surface area contributed by atoms with Crippen LogP contribution < -0.4 is 35.1 Å². The minimum atomic E-state index is -3.09. The van der Waals surface area contributed by atoms with Crippen molar-refractivity contribution in [2.45, 2.75) is 0 Å². The predicted octanol–water partition coefficient (Wildman–Crippen LogP) is 10.1. The fourth-order valence-electron chi connectivity index (χ4n) is 8.17. The zero-order valence-corrected chi connectivity index (χ0v) is 29.3. The van der Waals surface area contributed by atoms with Crippen LogP contribution in [0.15, 0.2) is 200 Å². The summed E-state index contributed by atoms with van der Waals surface area (Å²) in [5.41, 5.74) is 7.96. The van der Waals surface area contributed by atoms with Gasteiger partial charge in [-0.3, -0.25) is 0 Å². The summed E-state index contributed by atoms with van der Waals surface area (Å²) in [4.78, 5) is 2.35. The molecule has 1 unspecified atom stereocenters. The Morgan fingerprint density at radius 1 is 0.327 bits per heavy atom. The van der Waals surface area contributed by atoms with Gasteiger partial charge in [-0.25, -0.2) is 0 Å². The largest absolute Gasteiger partial charge is 0.458 e. The molecule has 2 heterocycles. The first-order chi connectivity index (χ1) is 25.8. The van der Waals surface area contributed by atoms with Gasteiger partial charge in [0, 0.05) is 22.2 Å². The van der Waals surface area contributed by atoms with E-state index < -0.39 is 8.07 Å². The molecule has 0 bridgehead atoms. The Labute approximate surface area is 304 Å². The van der Waals surface area contributed by atoms with Crippen molar-refractivity contribution in [1.82, 2.24) is 0 Å². The smallest absolute Gasteiger partial charge is 0.197 e. The van der Waals surface area contributed by atoms with E-state index in [0.717, 1.165) is 40.1 Å². The van der Waals surface area contributed by atoms with Gasteiger partial charge >= 0.3 is 0 Å². The third kappa shape index (κ3) is 4.73. The quantitative estimate of drug-likeness (QED) is 0.169. The number of hydrogen-bond acceptors (Lipinski definition) is 3. The minimum absolute atomic E-state index is 0.882. The van der Waals surface area contributed by atoms with Crippen molar-refractivity contribution in [3.8, 4) is 45.3 Å². The Hall–Kier alpha value is -6.62. The molecule has 10 rings (SSSR count). The van der Waals surface area contributed by atoms with Crippen LogP contribution in [0.3, 0.4) is 0 Å². The first-order valence-corrected chi connectivity index (χ1v) is 19.7. The van der Waals surface area contributed by atoms with E-state index in [9.17, 15) is 0 Å². The van der Waals surface area contributed by atoms with Gasteiger partial charge in [-0.1, -0.05) is 140 Å². The molecule has 0 aromatic heterocycles. The monoisotopic (exact) mass is 683 g/mol. The van der Waals surface area contributed by atoms with Crippen LogP contribution in [-0.2, 0) is 0 Å². The van der Waals surface area contributed by atoms with Crippen molar-refractivity contribution in [3.05, 3.63) is 200 Å². The van der Waals surface area contributed by atoms with Gasteiger partial charge in [-0.15, -0.1) is 0 Å². The number of rotatable bonds is 5. The molecule has 0 fully saturated rings. The topological polar surface area (TPSA) is 21.7 Å². The molecular weight excluding hydrogens is 651 g/mol. The molecule has 1 spiro atoms. The summed E-state index contributed by atoms with van der Waals surface area (Å²) in [5.74, 6) is 3.58. The summed E-state index contributed by atoms with van der Waals surface area (Å²) >= 11 is 0. The van der Waals surface area contributed by atoms with Gasteiger partial charge in [-0.05, 0) is 98.5 Å². The molecule has 1 atom stereocenters. The van der Waals surface area contributed by atoms with Gasteiger partial charge in [0.2, 0.25) is 0 Å². The molecular formula is C48H33NO2Si. The zero-order chi connectivity index (χ0) is 34.5. The van der Waals surface area contributed by atoms with E-state index in [2.05, 4.69) is 205 Å². The third-order valence-electron chi connectivity index (χ3n) is 10.4. The average molecular weight is 684 g/mol. The number of anilines is 3. The number of para-hydroxylation sites is 3. The highest BCUT2D eigenvalue weighted by molar-refractivity contribution is 7.22. The van der Waals surface area contributed by atoms with Gasteiger partial charge in [0.05, 0.1) is 0 Å². The van der Waals surface area contributed by atoms with Crippen LogP contribution in [0, 0.1) is 0 Å². The minimum Gasteiger partial charge on any atom is -0.458 e. The molecule has 0 radical (unpaired) electrons. The standard InChI is InChI=1S/C48H33NO2Si/c1-4-15-34(16-5-1)35-27-29-38(30-28-35)49(37-19-8-3-9-20-37)39-31-32-43-47(33-39)52(45-25-12-10-22-41(45)50-43)46-26-13-11-23-42(46)51-44-24-14-21-40(48(44)52)36-17-6-2-7-18-36/h1-33H. The molecule has 3 nitrogen and oxygen atoms in total. The molecule has 246 valence electrons. The predicted molar refractivity (Wildman–Crippen MR) is 216 cm³/mol. The molecule has 0 amide bonds. The van der Waals surface area contributed by atoms with Crippen molar-refractivity contribution >= 4 is 45.9 Å². The second-order valence-corrected chi connectivity index (χ2v) is 16.9. The highest BCUT2D eigenvalue weighted by Crippen LogP contribution is 2.42. The van der Waals surface area contributed by atoms with Crippen LogP contribution in [-0.4, -0.2) is 8.07 Å². The van der Waals surface area contributed by atoms with E-state index in [0.29, 0.717) is 0 Å². The summed E-state index contributed by atoms with van der Waals surface area (Å²) in [6.07, 6.45) is 0. The number of nitrogens with zero attached hydrogens (tertiary/aromatic N) is 1. The van der Waals surface area contributed by atoms with Gasteiger partial charge in [0.15, 0.2) is 8.07 Å². The maximum atomic E-state index is 6.87. The van der Waals surface area contributed by atoms with E-state index in [1.807, 2.05) is 0 Å². The van der Waals surface area contributed by atoms with Crippen molar-refractivity contribution in [3.63, 3.8) is 0 Å². The Bertz CT molecular complexity index is 2530. The maximum absolute atomic E-state index is 6.87. The van der Waals surface area contributed by atoms with Crippen molar-refractivity contribution in [2.75, 3.05) is 4.90 Å². The molecule has 52 heavy (non-hydrogen) atoms. The molecule has 0 N–H and O–H groups in total. The first kappa shape index (κ1) is 30.2. The van der Waals surface area contributed by atoms with Gasteiger partial charge in [0.1, 0.15) is 23.0 Å². The number of ether oxygens (including phenoxy) is 2. The molecule has 0 saturated heterocycles. The van der Waals surface area contributed by atoms with Crippen LogP contribution >= 0.6 is 0 Å². The Morgan fingerprint density at radius 3 is 1.48 bits per heavy atom. The van der Waals surface area contributed by atoms with E-state index in [1.54, 1.807) is 0 Å². The SMILES string of the molecule is c1ccc(-c2ccc(N(c3ccccc3)c3ccc4c(c3)[Si]3(c5ccccc5O4)c4ccccc4Oc4cccc(-c5ccccc5)c43)cc2)cc1. The number of hydrogen-bond donors (Lipinski definition) is 0. The van der Waals surface area contributed by atoms with E-state index >= 15 is 0 Å². The van der Waals surface area contributed by atoms with E-state index in [-0.39, 0.29) is 0 Å². The van der Waals surface area contributed by atoms with Crippen LogP contribution in [0.25, 0.3) is 22.3 Å². The van der Waals surface area contributed by atoms with Gasteiger partial charge in [0.25, 0.3) is 0 Å². The maximum Gasteiger partial charge on any atom is 0.197 e. The molecule has 0 saturated carbocycles. The number of fused-ring (bicyclic) bond motifs is 8. The lowest BCUT2D eigenvalue weighted by Crippen LogP contribution is -2.77.